The molecule has 1 aliphatic rings. The van der Waals surface area contributed by atoms with Gasteiger partial charge in [0.1, 0.15) is 0 Å². The summed E-state index contributed by atoms with van der Waals surface area (Å²) in [7, 11) is 0. The molecule has 15 heavy (non-hydrogen) atoms. The van der Waals surface area contributed by atoms with Gasteiger partial charge >= 0.3 is 0 Å². The fourth-order valence-corrected chi connectivity index (χ4v) is 2.61. The van der Waals surface area contributed by atoms with Crippen molar-refractivity contribution in [3.63, 3.8) is 0 Å². The fraction of sp³-hybridized carbons (Fsp3) is 1.00. The first-order chi connectivity index (χ1) is 7.15. The van der Waals surface area contributed by atoms with Crippen LogP contribution in [0.25, 0.3) is 0 Å². The Kier molecular flexibility index (Phi) is 5.07. The van der Waals surface area contributed by atoms with Gasteiger partial charge in [0.15, 0.2) is 0 Å². The summed E-state index contributed by atoms with van der Waals surface area (Å²) in [5, 5.41) is 3.66. The van der Waals surface area contributed by atoms with Gasteiger partial charge in [-0.15, -0.1) is 0 Å². The van der Waals surface area contributed by atoms with Crippen LogP contribution in [0, 0.1) is 0 Å². The summed E-state index contributed by atoms with van der Waals surface area (Å²) >= 11 is 0. The number of hydrogen-bond acceptors (Lipinski definition) is 2. The zero-order valence-corrected chi connectivity index (χ0v) is 11.0. The molecule has 1 fully saturated rings. The lowest BCUT2D eigenvalue weighted by Gasteiger charge is -2.43. The lowest BCUT2D eigenvalue weighted by molar-refractivity contribution is 0.0913. The van der Waals surface area contributed by atoms with Gasteiger partial charge in [0.2, 0.25) is 0 Å². The molecule has 0 spiro atoms. The second-order valence-corrected chi connectivity index (χ2v) is 5.08. The Bertz CT molecular complexity index is 175. The second-order valence-electron chi connectivity index (χ2n) is 5.08. The molecule has 0 aromatic carbocycles. The molecule has 2 unspecified atom stereocenters. The Morgan fingerprint density at radius 3 is 2.33 bits per heavy atom. The van der Waals surface area contributed by atoms with E-state index in [1.54, 1.807) is 0 Å². The highest BCUT2D eigenvalue weighted by molar-refractivity contribution is 4.95. The molecule has 1 saturated heterocycles. The fourth-order valence-electron chi connectivity index (χ4n) is 2.61. The minimum atomic E-state index is 0.353. The van der Waals surface area contributed by atoms with Crippen LogP contribution in [-0.4, -0.2) is 36.1 Å². The quantitative estimate of drug-likeness (QED) is 0.728. The third-order valence-corrected chi connectivity index (χ3v) is 4.18. The van der Waals surface area contributed by atoms with Crippen molar-refractivity contribution in [2.75, 3.05) is 19.6 Å². The molecule has 2 atom stereocenters. The zero-order chi connectivity index (χ0) is 11.3. The molecule has 0 bridgehead atoms. The summed E-state index contributed by atoms with van der Waals surface area (Å²) < 4.78 is 0. The standard InChI is InChI=1S/C13H28N2/c1-5-9-14-12(3)13(4,6-2)15-10-7-8-11-15/h12,14H,5-11H2,1-4H3. The summed E-state index contributed by atoms with van der Waals surface area (Å²) in [5.41, 5.74) is 0.353. The lowest BCUT2D eigenvalue weighted by atomic mass is 9.88. The van der Waals surface area contributed by atoms with E-state index in [0.29, 0.717) is 11.6 Å². The Morgan fingerprint density at radius 2 is 1.87 bits per heavy atom. The largest absolute Gasteiger partial charge is 0.312 e. The second kappa shape index (κ2) is 5.86. The van der Waals surface area contributed by atoms with Crippen LogP contribution in [0.3, 0.4) is 0 Å². The molecule has 2 heteroatoms. The molecule has 0 aromatic rings. The monoisotopic (exact) mass is 212 g/mol. The van der Waals surface area contributed by atoms with Crippen LogP contribution in [-0.2, 0) is 0 Å². The molecule has 1 heterocycles. The number of rotatable bonds is 6. The summed E-state index contributed by atoms with van der Waals surface area (Å²) in [6.45, 7) is 13.1. The highest BCUT2D eigenvalue weighted by Gasteiger charge is 2.36. The Morgan fingerprint density at radius 1 is 1.27 bits per heavy atom. The van der Waals surface area contributed by atoms with Gasteiger partial charge < -0.3 is 5.32 Å². The molecule has 0 aromatic heterocycles. The van der Waals surface area contributed by atoms with E-state index in [0.717, 1.165) is 6.54 Å². The first kappa shape index (κ1) is 13.0. The van der Waals surface area contributed by atoms with Crippen molar-refractivity contribution < 1.29 is 0 Å². The average Bonchev–Trinajstić information content (AvgIpc) is 2.78. The molecule has 1 rings (SSSR count). The molecular formula is C13H28N2. The predicted octanol–water partition coefficient (Wildman–Crippen LogP) is 2.64. The SMILES string of the molecule is CCCNC(C)C(C)(CC)N1CCCC1. The van der Waals surface area contributed by atoms with Gasteiger partial charge in [0.05, 0.1) is 0 Å². The molecule has 0 aliphatic carbocycles. The van der Waals surface area contributed by atoms with E-state index in [2.05, 4.69) is 37.9 Å². The molecule has 90 valence electrons. The molecular weight excluding hydrogens is 184 g/mol. The van der Waals surface area contributed by atoms with Crippen LogP contribution >= 0.6 is 0 Å². The van der Waals surface area contributed by atoms with Crippen LogP contribution in [0.2, 0.25) is 0 Å². The summed E-state index contributed by atoms with van der Waals surface area (Å²) in [6.07, 6.45) is 5.24. The first-order valence-corrected chi connectivity index (χ1v) is 6.63. The molecule has 0 amide bonds. The van der Waals surface area contributed by atoms with Crippen LogP contribution in [0.5, 0.6) is 0 Å². The smallest absolute Gasteiger partial charge is 0.0329 e. The van der Waals surface area contributed by atoms with Crippen molar-refractivity contribution in [1.29, 1.82) is 0 Å². The molecule has 0 saturated carbocycles. The van der Waals surface area contributed by atoms with E-state index in [9.17, 15) is 0 Å². The number of likely N-dealkylation sites (tertiary alicyclic amines) is 1. The first-order valence-electron chi connectivity index (χ1n) is 6.63. The van der Waals surface area contributed by atoms with Crippen molar-refractivity contribution in [3.05, 3.63) is 0 Å². The number of nitrogens with zero attached hydrogens (tertiary/aromatic N) is 1. The van der Waals surface area contributed by atoms with Gasteiger partial charge in [-0.2, -0.15) is 0 Å². The Labute approximate surface area is 95.4 Å². The van der Waals surface area contributed by atoms with Gasteiger partial charge in [0, 0.05) is 11.6 Å². The van der Waals surface area contributed by atoms with Crippen molar-refractivity contribution >= 4 is 0 Å². The maximum absolute atomic E-state index is 3.66. The summed E-state index contributed by atoms with van der Waals surface area (Å²) in [4.78, 5) is 2.68. The highest BCUT2D eigenvalue weighted by atomic mass is 15.2. The summed E-state index contributed by atoms with van der Waals surface area (Å²) in [5.74, 6) is 0. The maximum Gasteiger partial charge on any atom is 0.0329 e. The lowest BCUT2D eigenvalue weighted by Crippen LogP contribution is -2.57. The van der Waals surface area contributed by atoms with E-state index in [-0.39, 0.29) is 0 Å². The van der Waals surface area contributed by atoms with E-state index in [4.69, 9.17) is 0 Å². The van der Waals surface area contributed by atoms with Crippen molar-refractivity contribution in [2.45, 2.75) is 65.0 Å². The zero-order valence-electron chi connectivity index (χ0n) is 11.0. The third-order valence-electron chi connectivity index (χ3n) is 4.18. The van der Waals surface area contributed by atoms with Crippen LogP contribution in [0.4, 0.5) is 0 Å². The van der Waals surface area contributed by atoms with Gasteiger partial charge in [0.25, 0.3) is 0 Å². The van der Waals surface area contributed by atoms with Crippen LogP contribution in [0.15, 0.2) is 0 Å². The van der Waals surface area contributed by atoms with Crippen LogP contribution < -0.4 is 5.32 Å². The van der Waals surface area contributed by atoms with Gasteiger partial charge in [-0.25, -0.2) is 0 Å². The third kappa shape index (κ3) is 2.94. The van der Waals surface area contributed by atoms with E-state index < -0.39 is 0 Å². The minimum Gasteiger partial charge on any atom is -0.312 e. The Balaban J connectivity index is 2.56. The predicted molar refractivity (Wildman–Crippen MR) is 67.3 cm³/mol. The van der Waals surface area contributed by atoms with Crippen LogP contribution in [0.1, 0.15) is 53.4 Å². The maximum atomic E-state index is 3.66. The molecule has 2 nitrogen and oxygen atoms in total. The molecule has 1 N–H and O–H groups in total. The molecule has 0 radical (unpaired) electrons. The number of hydrogen-bond donors (Lipinski definition) is 1. The van der Waals surface area contributed by atoms with Gasteiger partial charge in [-0.3, -0.25) is 4.90 Å². The molecule has 1 aliphatic heterocycles. The van der Waals surface area contributed by atoms with Crippen molar-refractivity contribution in [3.8, 4) is 0 Å². The van der Waals surface area contributed by atoms with E-state index in [1.807, 2.05) is 0 Å². The summed E-state index contributed by atoms with van der Waals surface area (Å²) in [6, 6.07) is 0.598. The van der Waals surface area contributed by atoms with E-state index in [1.165, 1.54) is 38.8 Å². The van der Waals surface area contributed by atoms with Crippen molar-refractivity contribution in [1.82, 2.24) is 10.2 Å². The van der Waals surface area contributed by atoms with Gasteiger partial charge in [-0.05, 0) is 59.2 Å². The number of nitrogens with one attached hydrogen (secondary N) is 1. The average molecular weight is 212 g/mol. The highest BCUT2D eigenvalue weighted by Crippen LogP contribution is 2.27. The minimum absolute atomic E-state index is 0.353. The normalized spacial score (nSPS) is 24.0. The topological polar surface area (TPSA) is 15.3 Å². The van der Waals surface area contributed by atoms with Gasteiger partial charge in [-0.1, -0.05) is 13.8 Å². The Hall–Kier alpha value is -0.0800. The van der Waals surface area contributed by atoms with Crippen molar-refractivity contribution in [2.24, 2.45) is 0 Å². The van der Waals surface area contributed by atoms with E-state index >= 15 is 0 Å².